The maximum absolute atomic E-state index is 4.19. The monoisotopic (exact) mass is 295 g/mol. The largest absolute Gasteiger partial charge is 0.313 e. The number of rotatable bonds is 4. The van der Waals surface area contributed by atoms with E-state index in [0.29, 0.717) is 0 Å². The first-order valence-corrected chi connectivity index (χ1v) is 6.14. The van der Waals surface area contributed by atoms with Gasteiger partial charge in [0, 0.05) is 16.9 Å². The van der Waals surface area contributed by atoms with E-state index < -0.39 is 0 Å². The first kappa shape index (κ1) is 12.2. The lowest BCUT2D eigenvalue weighted by Gasteiger charge is -2.14. The summed E-state index contributed by atoms with van der Waals surface area (Å²) in [6.07, 6.45) is 0.723. The summed E-state index contributed by atoms with van der Waals surface area (Å²) in [6, 6.07) is 8.40. The molecule has 1 unspecified atom stereocenters. The molecule has 0 aliphatic heterocycles. The molecule has 2 rings (SSSR count). The number of likely N-dealkylation sites (N-methyl/N-ethyl adjacent to an activating group) is 1. The highest BCUT2D eigenvalue weighted by atomic mass is 79.9. The van der Waals surface area contributed by atoms with Gasteiger partial charge < -0.3 is 5.32 Å². The van der Waals surface area contributed by atoms with Gasteiger partial charge in [-0.3, -0.25) is 0 Å². The summed E-state index contributed by atoms with van der Waals surface area (Å²) in [4.78, 5) is 1.48. The lowest BCUT2D eigenvalue weighted by atomic mass is 10.0. The van der Waals surface area contributed by atoms with Crippen LogP contribution in [-0.2, 0) is 13.5 Å². The average molecular weight is 296 g/mol. The van der Waals surface area contributed by atoms with Crippen molar-refractivity contribution in [3.05, 3.63) is 40.1 Å². The lowest BCUT2D eigenvalue weighted by molar-refractivity contribution is 0.570. The second kappa shape index (κ2) is 5.37. The summed E-state index contributed by atoms with van der Waals surface area (Å²) in [6.45, 7) is 0. The molecule has 90 valence electrons. The summed E-state index contributed by atoms with van der Waals surface area (Å²) in [7, 11) is 3.70. The summed E-state index contributed by atoms with van der Waals surface area (Å²) < 4.78 is 1.07. The first-order chi connectivity index (χ1) is 8.19. The molecule has 0 radical (unpaired) electrons. The van der Waals surface area contributed by atoms with E-state index in [1.165, 1.54) is 10.4 Å². The van der Waals surface area contributed by atoms with Crippen molar-refractivity contribution in [2.24, 2.45) is 7.05 Å². The van der Waals surface area contributed by atoms with Crippen molar-refractivity contribution in [2.75, 3.05) is 7.05 Å². The van der Waals surface area contributed by atoms with Crippen LogP contribution in [-0.4, -0.2) is 27.3 Å². The zero-order chi connectivity index (χ0) is 12.3. The number of aromatic nitrogens is 4. The number of aryl methyl sites for hydroxylation is 1. The smallest absolute Gasteiger partial charge is 0.176 e. The molecule has 5 nitrogen and oxygen atoms in total. The number of halogens is 1. The molecule has 1 heterocycles. The van der Waals surface area contributed by atoms with E-state index in [0.717, 1.165) is 16.7 Å². The van der Waals surface area contributed by atoms with Crippen molar-refractivity contribution in [3.8, 4) is 0 Å². The van der Waals surface area contributed by atoms with Crippen molar-refractivity contribution < 1.29 is 0 Å². The maximum Gasteiger partial charge on any atom is 0.176 e. The van der Waals surface area contributed by atoms with Crippen molar-refractivity contribution >= 4 is 15.9 Å². The Balaban J connectivity index is 2.16. The van der Waals surface area contributed by atoms with Gasteiger partial charge >= 0.3 is 0 Å². The van der Waals surface area contributed by atoms with Crippen LogP contribution in [0.15, 0.2) is 28.7 Å². The van der Waals surface area contributed by atoms with Crippen LogP contribution in [0.2, 0.25) is 0 Å². The Morgan fingerprint density at radius 2 is 2.29 bits per heavy atom. The quantitative estimate of drug-likeness (QED) is 0.928. The Hall–Kier alpha value is -1.27. The molecule has 1 N–H and O–H groups in total. The van der Waals surface area contributed by atoms with Crippen molar-refractivity contribution in [1.82, 2.24) is 25.5 Å². The van der Waals surface area contributed by atoms with Crippen LogP contribution >= 0.6 is 15.9 Å². The second-order valence-electron chi connectivity index (χ2n) is 3.80. The molecule has 2 aromatic rings. The standard InChI is InChI=1S/C11H14BrN5/c1-13-10(7-11-14-16-17(2)15-11)8-4-3-5-9(12)6-8/h3-6,10,13H,7H2,1-2H3. The molecule has 0 bridgehead atoms. The Kier molecular flexibility index (Phi) is 3.86. The number of nitrogens with zero attached hydrogens (tertiary/aromatic N) is 4. The summed E-state index contributed by atoms with van der Waals surface area (Å²) in [5.41, 5.74) is 1.20. The number of nitrogens with one attached hydrogen (secondary N) is 1. The van der Waals surface area contributed by atoms with Gasteiger partial charge in [-0.2, -0.15) is 4.80 Å². The SMILES string of the molecule is CNC(Cc1nnn(C)n1)c1cccc(Br)c1. The van der Waals surface area contributed by atoms with Gasteiger partial charge in [0.25, 0.3) is 0 Å². The van der Waals surface area contributed by atoms with Crippen LogP contribution in [0.1, 0.15) is 17.4 Å². The number of tetrazole rings is 1. The van der Waals surface area contributed by atoms with Crippen LogP contribution in [0.25, 0.3) is 0 Å². The molecule has 6 heteroatoms. The molecule has 0 aliphatic rings. The van der Waals surface area contributed by atoms with Gasteiger partial charge in [-0.15, -0.1) is 10.2 Å². The third kappa shape index (κ3) is 3.10. The zero-order valence-corrected chi connectivity index (χ0v) is 11.3. The Labute approximate surface area is 108 Å². The van der Waals surface area contributed by atoms with Gasteiger partial charge in [0.15, 0.2) is 5.82 Å². The summed E-state index contributed by atoms with van der Waals surface area (Å²) >= 11 is 3.47. The van der Waals surface area contributed by atoms with E-state index in [9.17, 15) is 0 Å². The van der Waals surface area contributed by atoms with Crippen LogP contribution in [0.4, 0.5) is 0 Å². The molecular weight excluding hydrogens is 282 g/mol. The van der Waals surface area contributed by atoms with Crippen LogP contribution in [0.5, 0.6) is 0 Å². The second-order valence-corrected chi connectivity index (χ2v) is 4.71. The fourth-order valence-corrected chi connectivity index (χ4v) is 2.11. The lowest BCUT2D eigenvalue weighted by Crippen LogP contribution is -2.19. The topological polar surface area (TPSA) is 55.6 Å². The van der Waals surface area contributed by atoms with Crippen LogP contribution < -0.4 is 5.32 Å². The molecule has 0 amide bonds. The Morgan fingerprint density at radius 3 is 2.88 bits per heavy atom. The predicted molar refractivity (Wildman–Crippen MR) is 68.4 cm³/mol. The van der Waals surface area contributed by atoms with Gasteiger partial charge in [0.1, 0.15) is 0 Å². The predicted octanol–water partition coefficient (Wildman–Crippen LogP) is 1.48. The van der Waals surface area contributed by atoms with Gasteiger partial charge in [-0.25, -0.2) is 0 Å². The van der Waals surface area contributed by atoms with E-state index in [1.807, 2.05) is 19.2 Å². The molecule has 1 atom stereocenters. The van der Waals surface area contributed by atoms with Gasteiger partial charge in [0.2, 0.25) is 0 Å². The average Bonchev–Trinajstić information content (AvgIpc) is 2.72. The molecule has 0 fully saturated rings. The van der Waals surface area contributed by atoms with E-state index in [-0.39, 0.29) is 6.04 Å². The molecule has 0 aliphatic carbocycles. The molecule has 0 saturated heterocycles. The highest BCUT2D eigenvalue weighted by molar-refractivity contribution is 9.10. The summed E-state index contributed by atoms with van der Waals surface area (Å²) in [5.74, 6) is 0.742. The van der Waals surface area contributed by atoms with Crippen molar-refractivity contribution in [3.63, 3.8) is 0 Å². The fraction of sp³-hybridized carbons (Fsp3) is 0.364. The van der Waals surface area contributed by atoms with E-state index >= 15 is 0 Å². The fourth-order valence-electron chi connectivity index (χ4n) is 1.70. The third-order valence-corrected chi connectivity index (χ3v) is 3.03. The van der Waals surface area contributed by atoms with Crippen LogP contribution in [0, 0.1) is 0 Å². The van der Waals surface area contributed by atoms with Gasteiger partial charge in [-0.1, -0.05) is 28.1 Å². The Bertz CT molecular complexity index is 496. The molecule has 0 saturated carbocycles. The summed E-state index contributed by atoms with van der Waals surface area (Å²) in [5, 5.41) is 15.3. The third-order valence-electron chi connectivity index (χ3n) is 2.54. The minimum Gasteiger partial charge on any atom is -0.313 e. The van der Waals surface area contributed by atoms with Crippen molar-refractivity contribution in [2.45, 2.75) is 12.5 Å². The Morgan fingerprint density at radius 1 is 1.47 bits per heavy atom. The normalized spacial score (nSPS) is 12.6. The van der Waals surface area contributed by atoms with Gasteiger partial charge in [-0.05, 0) is 30.0 Å². The highest BCUT2D eigenvalue weighted by Crippen LogP contribution is 2.20. The number of benzene rings is 1. The molecule has 0 spiro atoms. The van der Waals surface area contributed by atoms with E-state index in [1.54, 1.807) is 7.05 Å². The molecular formula is C11H14BrN5. The molecule has 1 aromatic carbocycles. The van der Waals surface area contributed by atoms with Crippen molar-refractivity contribution in [1.29, 1.82) is 0 Å². The first-order valence-electron chi connectivity index (χ1n) is 5.34. The van der Waals surface area contributed by atoms with E-state index in [2.05, 4.69) is 48.8 Å². The number of hydrogen-bond acceptors (Lipinski definition) is 4. The molecule has 17 heavy (non-hydrogen) atoms. The zero-order valence-electron chi connectivity index (χ0n) is 9.76. The number of hydrogen-bond donors (Lipinski definition) is 1. The van der Waals surface area contributed by atoms with E-state index in [4.69, 9.17) is 0 Å². The minimum atomic E-state index is 0.191. The van der Waals surface area contributed by atoms with Crippen LogP contribution in [0.3, 0.4) is 0 Å². The maximum atomic E-state index is 4.19. The minimum absolute atomic E-state index is 0.191. The highest BCUT2D eigenvalue weighted by Gasteiger charge is 2.13. The molecule has 1 aromatic heterocycles. The van der Waals surface area contributed by atoms with Gasteiger partial charge in [0.05, 0.1) is 7.05 Å².